The van der Waals surface area contributed by atoms with Crippen molar-refractivity contribution in [1.29, 1.82) is 0 Å². The molecule has 1 aliphatic heterocycles. The van der Waals surface area contributed by atoms with Crippen LogP contribution in [0, 0.1) is 0 Å². The summed E-state index contributed by atoms with van der Waals surface area (Å²) in [5, 5.41) is 28.1. The van der Waals surface area contributed by atoms with Crippen molar-refractivity contribution in [2.75, 3.05) is 54.5 Å². The highest BCUT2D eigenvalue weighted by molar-refractivity contribution is 7.54. The molecule has 0 aromatic carbocycles. The Hall–Kier alpha value is -4.56. The van der Waals surface area contributed by atoms with Crippen LogP contribution >= 0.6 is 7.67 Å². The number of aliphatic hydroxyl groups excluding tert-OH is 1. The number of nitrogens with zero attached hydrogens (tertiary/aromatic N) is 3. The van der Waals surface area contributed by atoms with Crippen molar-refractivity contribution in [2.24, 2.45) is 5.73 Å². The van der Waals surface area contributed by atoms with Crippen LogP contribution in [-0.4, -0.2) is 144 Å². The number of nitrogens with one attached hydrogen (secondary N) is 4. The largest absolute Gasteiger partial charge is 0.505 e. The van der Waals surface area contributed by atoms with Crippen molar-refractivity contribution in [1.82, 2.24) is 35.3 Å². The van der Waals surface area contributed by atoms with Gasteiger partial charge in [-0.05, 0) is 60.4 Å². The average molecular weight is 957 g/mol. The van der Waals surface area contributed by atoms with Crippen LogP contribution in [0.25, 0.3) is 0 Å². The number of carbonyl (C=O) groups excluding carboxylic acids is 5. The number of aliphatic carboxylic acids is 1. The summed E-state index contributed by atoms with van der Waals surface area (Å²) >= 11 is 0. The second-order valence-electron chi connectivity index (χ2n) is 16.9. The van der Waals surface area contributed by atoms with Crippen LogP contribution in [-0.2, 0) is 58.5 Å². The van der Waals surface area contributed by atoms with Crippen LogP contribution in [0.1, 0.15) is 135 Å². The number of ether oxygens (including phenoxy) is 3. The van der Waals surface area contributed by atoms with Crippen LogP contribution in [0.15, 0.2) is 24.0 Å². The number of unbranched alkanes of at least 4 members (excludes halogenated alkanes) is 14. The summed E-state index contributed by atoms with van der Waals surface area (Å²) in [7, 11) is 2.17. The van der Waals surface area contributed by atoms with Crippen molar-refractivity contribution in [3.8, 4) is 0 Å². The molecule has 376 valence electrons. The predicted octanol–water partition coefficient (Wildman–Crippen LogP) is 4.38. The van der Waals surface area contributed by atoms with Crippen molar-refractivity contribution in [3.05, 3.63) is 29.7 Å². The van der Waals surface area contributed by atoms with E-state index >= 15 is 0 Å². The number of aromatic amines is 1. The fraction of sp³-hybridized carbons (Fsp3) is 0.750. The first-order chi connectivity index (χ1) is 31.5. The van der Waals surface area contributed by atoms with Gasteiger partial charge in [0.2, 0.25) is 17.7 Å². The minimum absolute atomic E-state index is 0.0500. The molecule has 0 aliphatic carbocycles. The average Bonchev–Trinajstić information content (AvgIpc) is 3.89. The smallest absolute Gasteiger partial charge is 0.395 e. The van der Waals surface area contributed by atoms with Gasteiger partial charge in [0, 0.05) is 31.3 Å². The molecule has 4 atom stereocenters. The number of cyclic esters (lactones) is 1. The molecule has 0 saturated heterocycles. The number of carboxylic acids is 1. The highest BCUT2D eigenvalue weighted by Gasteiger charge is 2.46. The molecular weight excluding hydrogens is 880 g/mol. The molecule has 66 heavy (non-hydrogen) atoms. The summed E-state index contributed by atoms with van der Waals surface area (Å²) in [6, 6.07) is -2.42. The highest BCUT2D eigenvalue weighted by atomic mass is 31.2. The summed E-state index contributed by atoms with van der Waals surface area (Å²) in [6.45, 7) is 1.73. The quantitative estimate of drug-likeness (QED) is 0.0275. The van der Waals surface area contributed by atoms with Crippen molar-refractivity contribution in [2.45, 2.75) is 160 Å². The van der Waals surface area contributed by atoms with Crippen molar-refractivity contribution < 1.29 is 62.3 Å². The number of imidazole rings is 1. The first-order valence-corrected chi connectivity index (χ1v) is 24.9. The third kappa shape index (κ3) is 21.8. The van der Waals surface area contributed by atoms with Gasteiger partial charge in [-0.3, -0.25) is 19.2 Å². The van der Waals surface area contributed by atoms with Gasteiger partial charge in [0.15, 0.2) is 11.9 Å². The highest BCUT2D eigenvalue weighted by Crippen LogP contribution is 2.53. The number of aromatic nitrogens is 2. The number of hydrogen-bond acceptors (Lipinski definition) is 14. The lowest BCUT2D eigenvalue weighted by Crippen LogP contribution is -2.54. The van der Waals surface area contributed by atoms with Gasteiger partial charge in [-0.15, -0.1) is 0 Å². The third-order valence-electron chi connectivity index (χ3n) is 10.9. The Morgan fingerprint density at radius 2 is 1.47 bits per heavy atom. The molecule has 2 heterocycles. The van der Waals surface area contributed by atoms with Gasteiger partial charge in [0.05, 0.1) is 19.3 Å². The molecule has 3 amide bonds. The van der Waals surface area contributed by atoms with E-state index in [1.165, 1.54) is 108 Å². The third-order valence-corrected chi connectivity index (χ3v) is 13.4. The topological polar surface area (TPSA) is 294 Å². The molecule has 0 fully saturated rings. The first-order valence-electron chi connectivity index (χ1n) is 23.4. The lowest BCUT2D eigenvalue weighted by molar-refractivity contribution is -0.159. The number of nitrogens with two attached hydrogens (primary N) is 1. The molecule has 0 spiro atoms. The van der Waals surface area contributed by atoms with Gasteiger partial charge in [-0.1, -0.05) is 90.4 Å². The summed E-state index contributed by atoms with van der Waals surface area (Å²) in [5.41, 5.74) is 5.99. The molecule has 4 unspecified atom stereocenters. The Balaban J connectivity index is 1.94. The minimum Gasteiger partial charge on any atom is -0.505 e. The monoisotopic (exact) mass is 957 g/mol. The molecule has 2 rings (SSSR count). The van der Waals surface area contributed by atoms with Crippen molar-refractivity contribution >= 4 is 43.3 Å². The first kappa shape index (κ1) is 57.6. The number of amides is 3. The normalized spacial score (nSPS) is 15.3. The van der Waals surface area contributed by atoms with Crippen LogP contribution in [0.4, 0.5) is 0 Å². The number of H-pyrrole nitrogens is 1. The Morgan fingerprint density at radius 3 is 2.02 bits per heavy atom. The SMILES string of the molecule is CCCCCCCCCCCCCCCCOC(COC(=O)CCC(=O)NCC(=O)NC(Cc1cnc[nH]1)C(=O)NC(CCCCN)C(=O)O)C1OC(=O)C(OP(=O)(N(C)C)N(C)C)=C1O. The van der Waals surface area contributed by atoms with Gasteiger partial charge in [-0.25, -0.2) is 28.5 Å². The van der Waals surface area contributed by atoms with Crippen LogP contribution in [0.5, 0.6) is 0 Å². The molecule has 0 saturated carbocycles. The van der Waals surface area contributed by atoms with Crippen LogP contribution < -0.4 is 21.7 Å². The predicted molar refractivity (Wildman–Crippen MR) is 246 cm³/mol. The maximum Gasteiger partial charge on any atom is 0.395 e. The van der Waals surface area contributed by atoms with Gasteiger partial charge >= 0.3 is 25.6 Å². The Morgan fingerprint density at radius 1 is 0.864 bits per heavy atom. The second-order valence-corrected chi connectivity index (χ2v) is 19.6. The molecule has 0 radical (unpaired) electrons. The lowest BCUT2D eigenvalue weighted by Gasteiger charge is -2.29. The maximum absolute atomic E-state index is 13.5. The zero-order chi connectivity index (χ0) is 48.9. The lowest BCUT2D eigenvalue weighted by atomic mass is 10.0. The van der Waals surface area contributed by atoms with E-state index in [2.05, 4.69) is 32.8 Å². The van der Waals surface area contributed by atoms with Gasteiger partial charge < -0.3 is 55.6 Å². The molecule has 21 nitrogen and oxygen atoms in total. The molecule has 8 N–H and O–H groups in total. The molecule has 1 aromatic heterocycles. The number of esters is 2. The number of rotatable bonds is 38. The van der Waals surface area contributed by atoms with E-state index in [0.717, 1.165) is 25.7 Å². The zero-order valence-electron chi connectivity index (χ0n) is 39.7. The molecule has 22 heteroatoms. The second kappa shape index (κ2) is 32.2. The maximum atomic E-state index is 13.5. The Labute approximate surface area is 389 Å². The number of hydrogen-bond donors (Lipinski definition) is 7. The molecule has 0 bridgehead atoms. The van der Waals surface area contributed by atoms with E-state index in [1.807, 2.05) is 0 Å². The fourth-order valence-corrected chi connectivity index (χ4v) is 8.46. The summed E-state index contributed by atoms with van der Waals surface area (Å²) in [6.07, 6.45) is 16.8. The molecule has 1 aliphatic rings. The number of aliphatic hydroxyl groups is 1. The Kier molecular flexibility index (Phi) is 28.1. The minimum atomic E-state index is -3.78. The van der Waals surface area contributed by atoms with E-state index in [1.54, 1.807) is 0 Å². The summed E-state index contributed by atoms with van der Waals surface area (Å²) in [5.74, 6) is -6.67. The van der Waals surface area contributed by atoms with Gasteiger partial charge in [0.1, 0.15) is 24.8 Å². The van der Waals surface area contributed by atoms with Crippen molar-refractivity contribution in [3.63, 3.8) is 0 Å². The summed E-state index contributed by atoms with van der Waals surface area (Å²) in [4.78, 5) is 83.0. The van der Waals surface area contributed by atoms with Crippen LogP contribution in [0.3, 0.4) is 0 Å². The van der Waals surface area contributed by atoms with Gasteiger partial charge in [-0.2, -0.15) is 0 Å². The standard InChI is InChI=1S/C44H77N8O13P/c1-6-7-8-9-10-11-12-13-14-15-16-17-18-21-26-62-35(40-39(56)41(44(60)64-40)65-66(61,51(2)3)52(4)5)30-63-38(55)24-23-36(53)47-29-37(54)49-34(27-32-28-46-31-48-32)42(57)50-33(43(58)59)22-19-20-25-45/h28,31,33-35,40,56H,6-27,29-30,45H2,1-5H3,(H,46,48)(H,47,53)(H,49,54)(H,50,57)(H,58,59). The number of carbonyl (C=O) groups is 6. The van der Waals surface area contributed by atoms with E-state index in [9.17, 15) is 43.5 Å². The molecular formula is C44H77N8O13P. The van der Waals surface area contributed by atoms with Crippen LogP contribution in [0.2, 0.25) is 0 Å². The zero-order valence-corrected chi connectivity index (χ0v) is 40.6. The number of carboxylic acid groups (broad SMARTS) is 1. The van der Waals surface area contributed by atoms with E-state index in [-0.39, 0.29) is 25.9 Å². The van der Waals surface area contributed by atoms with E-state index in [0.29, 0.717) is 31.5 Å². The molecule has 1 aromatic rings. The summed E-state index contributed by atoms with van der Waals surface area (Å²) < 4.78 is 38.4. The Bertz CT molecular complexity index is 1700. The fourth-order valence-electron chi connectivity index (χ4n) is 7.01. The van der Waals surface area contributed by atoms with E-state index < -0.39 is 98.7 Å². The van der Waals surface area contributed by atoms with Gasteiger partial charge in [0.25, 0.3) is 5.76 Å². The van der Waals surface area contributed by atoms with E-state index in [4.69, 9.17) is 24.5 Å².